The Morgan fingerprint density at radius 1 is 1.20 bits per heavy atom. The van der Waals surface area contributed by atoms with Crippen LogP contribution in [-0.2, 0) is 11.3 Å². The molecule has 20 heavy (non-hydrogen) atoms. The normalized spacial score (nSPS) is 10.6. The summed E-state index contributed by atoms with van der Waals surface area (Å²) in [5, 5.41) is 2.90. The van der Waals surface area contributed by atoms with Crippen molar-refractivity contribution in [3.8, 4) is 0 Å². The van der Waals surface area contributed by atoms with E-state index in [0.29, 0.717) is 12.4 Å². The van der Waals surface area contributed by atoms with Crippen LogP contribution in [0, 0.1) is 20.8 Å². The lowest BCUT2D eigenvalue weighted by molar-refractivity contribution is 0.0987. The third-order valence-corrected chi connectivity index (χ3v) is 3.09. The van der Waals surface area contributed by atoms with Crippen LogP contribution in [0.5, 0.6) is 0 Å². The third kappa shape index (κ3) is 3.08. The highest BCUT2D eigenvalue weighted by atomic mass is 16.5. The standard InChI is InChI=1S/C16H19NO3/c1-10-7-11(2)15(12(3)8-10)17-16(18)14-6-5-13(20-14)9-19-4/h5-8H,9H2,1-4H3,(H,17,18). The quantitative estimate of drug-likeness (QED) is 0.926. The van der Waals surface area contributed by atoms with Gasteiger partial charge in [-0.05, 0) is 44.0 Å². The van der Waals surface area contributed by atoms with Gasteiger partial charge in [-0.1, -0.05) is 17.7 Å². The predicted molar refractivity (Wildman–Crippen MR) is 78.0 cm³/mol. The van der Waals surface area contributed by atoms with Crippen LogP contribution in [0.1, 0.15) is 33.0 Å². The second-order valence-electron chi connectivity index (χ2n) is 4.93. The zero-order valence-corrected chi connectivity index (χ0v) is 12.2. The van der Waals surface area contributed by atoms with Crippen molar-refractivity contribution in [1.29, 1.82) is 0 Å². The summed E-state index contributed by atoms with van der Waals surface area (Å²) < 4.78 is 10.4. The zero-order chi connectivity index (χ0) is 14.7. The summed E-state index contributed by atoms with van der Waals surface area (Å²) in [6.07, 6.45) is 0. The Hall–Kier alpha value is -2.07. The number of furan rings is 1. The highest BCUT2D eigenvalue weighted by molar-refractivity contribution is 6.03. The molecular weight excluding hydrogens is 254 g/mol. The van der Waals surface area contributed by atoms with Crippen LogP contribution in [0.3, 0.4) is 0 Å². The molecule has 106 valence electrons. The molecule has 0 spiro atoms. The molecule has 0 saturated carbocycles. The minimum Gasteiger partial charge on any atom is -0.453 e. The molecule has 1 N–H and O–H groups in total. The van der Waals surface area contributed by atoms with E-state index >= 15 is 0 Å². The van der Waals surface area contributed by atoms with Crippen molar-refractivity contribution >= 4 is 11.6 Å². The maximum absolute atomic E-state index is 12.2. The molecule has 0 fully saturated rings. The number of amides is 1. The van der Waals surface area contributed by atoms with Crippen molar-refractivity contribution in [3.05, 3.63) is 52.5 Å². The van der Waals surface area contributed by atoms with Crippen LogP contribution in [0.4, 0.5) is 5.69 Å². The number of benzene rings is 1. The van der Waals surface area contributed by atoms with Crippen LogP contribution in [0.2, 0.25) is 0 Å². The molecule has 0 aliphatic carbocycles. The SMILES string of the molecule is COCc1ccc(C(=O)Nc2c(C)cc(C)cc2C)o1. The number of aryl methyl sites for hydroxylation is 3. The van der Waals surface area contributed by atoms with Crippen LogP contribution in [-0.4, -0.2) is 13.0 Å². The summed E-state index contributed by atoms with van der Waals surface area (Å²) >= 11 is 0. The van der Waals surface area contributed by atoms with E-state index in [1.165, 1.54) is 5.56 Å². The molecule has 2 aromatic rings. The van der Waals surface area contributed by atoms with Gasteiger partial charge < -0.3 is 14.5 Å². The molecule has 1 amide bonds. The number of carbonyl (C=O) groups excluding carboxylic acids is 1. The van der Waals surface area contributed by atoms with Crippen LogP contribution < -0.4 is 5.32 Å². The van der Waals surface area contributed by atoms with E-state index < -0.39 is 0 Å². The summed E-state index contributed by atoms with van der Waals surface area (Å²) in [6, 6.07) is 7.48. The van der Waals surface area contributed by atoms with Gasteiger partial charge in [0.15, 0.2) is 5.76 Å². The van der Waals surface area contributed by atoms with Gasteiger partial charge in [0, 0.05) is 12.8 Å². The van der Waals surface area contributed by atoms with Crippen molar-refractivity contribution in [2.75, 3.05) is 12.4 Å². The molecule has 0 atom stereocenters. The molecular formula is C16H19NO3. The average molecular weight is 273 g/mol. The lowest BCUT2D eigenvalue weighted by Crippen LogP contribution is -2.13. The third-order valence-electron chi connectivity index (χ3n) is 3.09. The lowest BCUT2D eigenvalue weighted by Gasteiger charge is -2.11. The predicted octanol–water partition coefficient (Wildman–Crippen LogP) is 3.60. The molecule has 2 rings (SSSR count). The minimum absolute atomic E-state index is 0.248. The maximum Gasteiger partial charge on any atom is 0.291 e. The van der Waals surface area contributed by atoms with Gasteiger partial charge in [-0.3, -0.25) is 4.79 Å². The number of anilines is 1. The van der Waals surface area contributed by atoms with Gasteiger partial charge in [-0.2, -0.15) is 0 Å². The smallest absolute Gasteiger partial charge is 0.291 e. The molecule has 0 aliphatic heterocycles. The molecule has 1 aromatic carbocycles. The molecule has 0 unspecified atom stereocenters. The van der Waals surface area contributed by atoms with E-state index in [1.807, 2.05) is 32.9 Å². The second-order valence-corrected chi connectivity index (χ2v) is 4.93. The Kier molecular flexibility index (Phi) is 4.25. The Labute approximate surface area is 118 Å². The highest BCUT2D eigenvalue weighted by Gasteiger charge is 2.14. The number of ether oxygens (including phenoxy) is 1. The molecule has 1 aromatic heterocycles. The summed E-state index contributed by atoms with van der Waals surface area (Å²) in [4.78, 5) is 12.2. The first-order valence-corrected chi connectivity index (χ1v) is 6.48. The molecule has 0 aliphatic rings. The van der Waals surface area contributed by atoms with Crippen molar-refractivity contribution in [2.24, 2.45) is 0 Å². The van der Waals surface area contributed by atoms with E-state index in [1.54, 1.807) is 19.2 Å². The van der Waals surface area contributed by atoms with Gasteiger partial charge in [0.05, 0.1) is 0 Å². The van der Waals surface area contributed by atoms with Crippen molar-refractivity contribution in [3.63, 3.8) is 0 Å². The van der Waals surface area contributed by atoms with Gasteiger partial charge >= 0.3 is 0 Å². The van der Waals surface area contributed by atoms with Crippen molar-refractivity contribution in [2.45, 2.75) is 27.4 Å². The average Bonchev–Trinajstić information content (AvgIpc) is 2.82. The topological polar surface area (TPSA) is 51.5 Å². The first-order valence-electron chi connectivity index (χ1n) is 6.48. The molecule has 1 heterocycles. The molecule has 4 heteroatoms. The van der Waals surface area contributed by atoms with Crippen LogP contribution in [0.15, 0.2) is 28.7 Å². The summed E-state index contributed by atoms with van der Waals surface area (Å²) in [5.41, 5.74) is 4.10. The summed E-state index contributed by atoms with van der Waals surface area (Å²) in [7, 11) is 1.58. The maximum atomic E-state index is 12.2. The Morgan fingerprint density at radius 3 is 2.45 bits per heavy atom. The first-order chi connectivity index (χ1) is 9.51. The number of hydrogen-bond donors (Lipinski definition) is 1. The van der Waals surface area contributed by atoms with E-state index in [9.17, 15) is 4.79 Å². The zero-order valence-electron chi connectivity index (χ0n) is 12.2. The molecule has 0 saturated heterocycles. The fraction of sp³-hybridized carbons (Fsp3) is 0.312. The largest absolute Gasteiger partial charge is 0.453 e. The second kappa shape index (κ2) is 5.92. The van der Waals surface area contributed by atoms with Gasteiger partial charge in [0.25, 0.3) is 5.91 Å². The fourth-order valence-electron chi connectivity index (χ4n) is 2.27. The van der Waals surface area contributed by atoms with Crippen molar-refractivity contribution in [1.82, 2.24) is 0 Å². The van der Waals surface area contributed by atoms with E-state index in [-0.39, 0.29) is 11.7 Å². The number of carbonyl (C=O) groups is 1. The van der Waals surface area contributed by atoms with Gasteiger partial charge in [0.2, 0.25) is 0 Å². The van der Waals surface area contributed by atoms with Gasteiger partial charge in [-0.15, -0.1) is 0 Å². The van der Waals surface area contributed by atoms with Gasteiger partial charge in [0.1, 0.15) is 12.4 Å². The minimum atomic E-state index is -0.248. The van der Waals surface area contributed by atoms with Crippen LogP contribution in [0.25, 0.3) is 0 Å². The van der Waals surface area contributed by atoms with Gasteiger partial charge in [-0.25, -0.2) is 0 Å². The number of hydrogen-bond acceptors (Lipinski definition) is 3. The lowest BCUT2D eigenvalue weighted by atomic mass is 10.1. The first kappa shape index (κ1) is 14.3. The van der Waals surface area contributed by atoms with Crippen LogP contribution >= 0.6 is 0 Å². The van der Waals surface area contributed by atoms with E-state index in [0.717, 1.165) is 16.8 Å². The van der Waals surface area contributed by atoms with Crippen molar-refractivity contribution < 1.29 is 13.9 Å². The summed E-state index contributed by atoms with van der Waals surface area (Å²) in [5.74, 6) is 0.675. The monoisotopic (exact) mass is 273 g/mol. The highest BCUT2D eigenvalue weighted by Crippen LogP contribution is 2.23. The van der Waals surface area contributed by atoms with E-state index in [4.69, 9.17) is 9.15 Å². The van der Waals surface area contributed by atoms with E-state index in [2.05, 4.69) is 5.32 Å². The number of nitrogens with one attached hydrogen (secondary N) is 1. The molecule has 4 nitrogen and oxygen atoms in total. The Bertz CT molecular complexity index is 605. The number of rotatable bonds is 4. The Morgan fingerprint density at radius 2 is 1.85 bits per heavy atom. The number of methoxy groups -OCH3 is 1. The Balaban J connectivity index is 2.19. The fourth-order valence-corrected chi connectivity index (χ4v) is 2.27. The molecule has 0 bridgehead atoms. The molecule has 0 radical (unpaired) electrons. The summed E-state index contributed by atoms with van der Waals surface area (Å²) in [6.45, 7) is 6.35.